The van der Waals surface area contributed by atoms with Crippen molar-refractivity contribution in [1.29, 1.82) is 0 Å². The van der Waals surface area contributed by atoms with Crippen molar-refractivity contribution in [2.24, 2.45) is 0 Å². The van der Waals surface area contributed by atoms with Crippen LogP contribution in [0.1, 0.15) is 37.8 Å². The molecule has 0 bridgehead atoms. The van der Waals surface area contributed by atoms with E-state index in [1.54, 1.807) is 0 Å². The lowest BCUT2D eigenvalue weighted by Crippen LogP contribution is -2.41. The molecule has 1 atom stereocenters. The monoisotopic (exact) mass is 328 g/mol. The third kappa shape index (κ3) is 3.67. The predicted molar refractivity (Wildman–Crippen MR) is 93.9 cm³/mol. The summed E-state index contributed by atoms with van der Waals surface area (Å²) in [6, 6.07) is 8.15. The van der Waals surface area contributed by atoms with Crippen LogP contribution in [0.25, 0.3) is 11.0 Å². The zero-order valence-electron chi connectivity index (χ0n) is 14.5. The smallest absolute Gasteiger partial charge is 0.336 e. The van der Waals surface area contributed by atoms with Crippen LogP contribution in [0.15, 0.2) is 33.5 Å². The van der Waals surface area contributed by atoms with Gasteiger partial charge in [-0.25, -0.2) is 4.79 Å². The van der Waals surface area contributed by atoms with Gasteiger partial charge < -0.3 is 9.73 Å². The van der Waals surface area contributed by atoms with Crippen LogP contribution in [0, 0.1) is 6.92 Å². The number of benzene rings is 1. The van der Waals surface area contributed by atoms with E-state index in [4.69, 9.17) is 4.42 Å². The summed E-state index contributed by atoms with van der Waals surface area (Å²) < 4.78 is 5.34. The summed E-state index contributed by atoms with van der Waals surface area (Å²) in [5, 5.41) is 4.00. The summed E-state index contributed by atoms with van der Waals surface area (Å²) >= 11 is 0. The van der Waals surface area contributed by atoms with E-state index in [1.807, 2.05) is 19.1 Å². The number of amides is 1. The minimum absolute atomic E-state index is 0.145. The molecule has 1 amide bonds. The average molecular weight is 328 g/mol. The molecule has 0 saturated carbocycles. The van der Waals surface area contributed by atoms with Crippen LogP contribution in [0.2, 0.25) is 0 Å². The van der Waals surface area contributed by atoms with E-state index < -0.39 is 0 Å². The van der Waals surface area contributed by atoms with Gasteiger partial charge in [-0.1, -0.05) is 12.1 Å². The van der Waals surface area contributed by atoms with Crippen LogP contribution < -0.4 is 10.9 Å². The van der Waals surface area contributed by atoms with Gasteiger partial charge in [0.25, 0.3) is 0 Å². The second kappa shape index (κ2) is 6.77. The molecule has 2 aromatic rings. The SMILES string of the molecule is Cc1cc(=O)oc2cc(CN(CC3CCC(=O)N3)C(C)C)ccc12. The first-order chi connectivity index (χ1) is 11.4. The van der Waals surface area contributed by atoms with Crippen molar-refractivity contribution in [2.75, 3.05) is 6.54 Å². The lowest BCUT2D eigenvalue weighted by Gasteiger charge is -2.29. The molecule has 128 valence electrons. The second-order valence-electron chi connectivity index (χ2n) is 6.91. The first-order valence-electron chi connectivity index (χ1n) is 8.49. The minimum atomic E-state index is -0.313. The molecule has 1 aliphatic rings. The highest BCUT2D eigenvalue weighted by atomic mass is 16.4. The maximum atomic E-state index is 11.6. The third-order valence-electron chi connectivity index (χ3n) is 4.67. The zero-order chi connectivity index (χ0) is 17.3. The van der Waals surface area contributed by atoms with Crippen LogP contribution in [0.4, 0.5) is 0 Å². The summed E-state index contributed by atoms with van der Waals surface area (Å²) in [7, 11) is 0. The second-order valence-corrected chi connectivity index (χ2v) is 6.91. The average Bonchev–Trinajstić information content (AvgIpc) is 2.91. The molecule has 0 radical (unpaired) electrons. The fourth-order valence-electron chi connectivity index (χ4n) is 3.26. The maximum absolute atomic E-state index is 11.6. The third-order valence-corrected chi connectivity index (χ3v) is 4.67. The van der Waals surface area contributed by atoms with Gasteiger partial charge in [-0.15, -0.1) is 0 Å². The number of carbonyl (C=O) groups is 1. The van der Waals surface area contributed by atoms with Gasteiger partial charge in [0.15, 0.2) is 0 Å². The fourth-order valence-corrected chi connectivity index (χ4v) is 3.26. The van der Waals surface area contributed by atoms with Crippen molar-refractivity contribution < 1.29 is 9.21 Å². The molecule has 1 unspecified atom stereocenters. The lowest BCUT2D eigenvalue weighted by molar-refractivity contribution is -0.119. The molecule has 2 heterocycles. The normalized spacial score (nSPS) is 17.9. The fraction of sp³-hybridized carbons (Fsp3) is 0.474. The van der Waals surface area contributed by atoms with E-state index in [2.05, 4.69) is 30.1 Å². The first kappa shape index (κ1) is 16.7. The Morgan fingerprint density at radius 2 is 2.08 bits per heavy atom. The molecule has 1 aromatic carbocycles. The Morgan fingerprint density at radius 1 is 1.29 bits per heavy atom. The Balaban J connectivity index is 1.80. The molecule has 1 aromatic heterocycles. The highest BCUT2D eigenvalue weighted by molar-refractivity contribution is 5.80. The Kier molecular flexibility index (Phi) is 4.71. The number of fused-ring (bicyclic) bond motifs is 1. The van der Waals surface area contributed by atoms with E-state index in [-0.39, 0.29) is 17.6 Å². The number of nitrogens with zero attached hydrogens (tertiary/aromatic N) is 1. The molecule has 0 spiro atoms. The van der Waals surface area contributed by atoms with Gasteiger partial charge in [0, 0.05) is 43.0 Å². The number of nitrogens with one attached hydrogen (secondary N) is 1. The molecule has 1 N–H and O–H groups in total. The van der Waals surface area contributed by atoms with E-state index in [0.717, 1.165) is 36.0 Å². The Morgan fingerprint density at radius 3 is 2.75 bits per heavy atom. The van der Waals surface area contributed by atoms with Gasteiger partial charge >= 0.3 is 5.63 Å². The predicted octanol–water partition coefficient (Wildman–Crippen LogP) is 2.59. The van der Waals surface area contributed by atoms with E-state index in [1.165, 1.54) is 6.07 Å². The minimum Gasteiger partial charge on any atom is -0.423 e. The van der Waals surface area contributed by atoms with E-state index in [9.17, 15) is 9.59 Å². The Labute approximate surface area is 141 Å². The molecule has 1 saturated heterocycles. The molecule has 1 aliphatic heterocycles. The Hall–Kier alpha value is -2.14. The van der Waals surface area contributed by atoms with Gasteiger partial charge in [0.2, 0.25) is 5.91 Å². The van der Waals surface area contributed by atoms with Crippen molar-refractivity contribution in [3.63, 3.8) is 0 Å². The maximum Gasteiger partial charge on any atom is 0.336 e. The quantitative estimate of drug-likeness (QED) is 0.857. The summed E-state index contributed by atoms with van der Waals surface area (Å²) in [6.45, 7) is 7.82. The standard InChI is InChI=1S/C19H24N2O3/c1-12(2)21(11-15-5-7-18(22)20-15)10-14-4-6-16-13(3)8-19(23)24-17(16)9-14/h4,6,8-9,12,15H,5,7,10-11H2,1-3H3,(H,20,22). The summed E-state index contributed by atoms with van der Waals surface area (Å²) in [4.78, 5) is 25.3. The molecule has 5 nitrogen and oxygen atoms in total. The first-order valence-corrected chi connectivity index (χ1v) is 8.49. The Bertz CT molecular complexity index is 810. The largest absolute Gasteiger partial charge is 0.423 e. The van der Waals surface area contributed by atoms with Gasteiger partial charge in [-0.05, 0) is 44.4 Å². The van der Waals surface area contributed by atoms with Crippen molar-refractivity contribution in [3.8, 4) is 0 Å². The molecule has 0 aliphatic carbocycles. The van der Waals surface area contributed by atoms with Crippen molar-refractivity contribution in [2.45, 2.75) is 52.2 Å². The lowest BCUT2D eigenvalue weighted by atomic mass is 10.1. The van der Waals surface area contributed by atoms with Crippen LogP contribution in [0.3, 0.4) is 0 Å². The van der Waals surface area contributed by atoms with Crippen molar-refractivity contribution >= 4 is 16.9 Å². The van der Waals surface area contributed by atoms with Crippen molar-refractivity contribution in [3.05, 3.63) is 45.8 Å². The summed E-state index contributed by atoms with van der Waals surface area (Å²) in [6.07, 6.45) is 1.52. The highest BCUT2D eigenvalue weighted by Crippen LogP contribution is 2.20. The highest BCUT2D eigenvalue weighted by Gasteiger charge is 2.24. The molecule has 5 heteroatoms. The number of rotatable bonds is 5. The topological polar surface area (TPSA) is 62.6 Å². The summed E-state index contributed by atoms with van der Waals surface area (Å²) in [5.41, 5.74) is 2.36. The summed E-state index contributed by atoms with van der Waals surface area (Å²) in [5.74, 6) is 0.145. The number of hydrogen-bond donors (Lipinski definition) is 1. The van der Waals surface area contributed by atoms with E-state index >= 15 is 0 Å². The van der Waals surface area contributed by atoms with Crippen LogP contribution in [0.5, 0.6) is 0 Å². The zero-order valence-corrected chi connectivity index (χ0v) is 14.5. The molecule has 3 rings (SSSR count). The molecule has 1 fully saturated rings. The van der Waals surface area contributed by atoms with Crippen molar-refractivity contribution in [1.82, 2.24) is 10.2 Å². The van der Waals surface area contributed by atoms with Crippen LogP contribution in [-0.4, -0.2) is 29.4 Å². The molecular formula is C19H24N2O3. The number of aryl methyl sites for hydroxylation is 1. The van der Waals surface area contributed by atoms with E-state index in [0.29, 0.717) is 18.0 Å². The van der Waals surface area contributed by atoms with Crippen LogP contribution >= 0.6 is 0 Å². The van der Waals surface area contributed by atoms with Gasteiger partial charge in [-0.2, -0.15) is 0 Å². The van der Waals surface area contributed by atoms with Crippen LogP contribution in [-0.2, 0) is 11.3 Å². The number of hydrogen-bond acceptors (Lipinski definition) is 4. The van der Waals surface area contributed by atoms with Gasteiger partial charge in [0.1, 0.15) is 5.58 Å². The molecular weight excluding hydrogens is 304 g/mol. The molecule has 24 heavy (non-hydrogen) atoms. The van der Waals surface area contributed by atoms with Gasteiger partial charge in [0.05, 0.1) is 0 Å². The number of carbonyl (C=O) groups excluding carboxylic acids is 1. The van der Waals surface area contributed by atoms with Gasteiger partial charge in [-0.3, -0.25) is 9.69 Å².